The molecule has 148 valence electrons. The molecule has 0 spiro atoms. The quantitative estimate of drug-likeness (QED) is 0.662. The Kier molecular flexibility index (Phi) is 5.84. The molecule has 5 nitrogen and oxygen atoms in total. The minimum absolute atomic E-state index is 0.0512. The molecule has 2 aromatic heterocycles. The Morgan fingerprint density at radius 1 is 1.17 bits per heavy atom. The van der Waals surface area contributed by atoms with Crippen molar-refractivity contribution in [2.24, 2.45) is 0 Å². The van der Waals surface area contributed by atoms with Gasteiger partial charge in [0.05, 0.1) is 12.7 Å². The zero-order valence-corrected chi connectivity index (χ0v) is 16.6. The Balaban J connectivity index is 1.48. The highest BCUT2D eigenvalue weighted by Crippen LogP contribution is 2.27. The first-order valence-electron chi connectivity index (χ1n) is 10.0. The highest BCUT2D eigenvalue weighted by atomic mass is 16.5. The molecule has 1 saturated heterocycles. The Hall–Kier alpha value is -3.21. The van der Waals surface area contributed by atoms with Crippen LogP contribution in [0.15, 0.2) is 67.0 Å². The molecule has 1 amide bonds. The first-order chi connectivity index (χ1) is 14.2. The minimum Gasteiger partial charge on any atom is -0.497 e. The maximum absolute atomic E-state index is 12.8. The van der Waals surface area contributed by atoms with E-state index >= 15 is 0 Å². The van der Waals surface area contributed by atoms with Crippen molar-refractivity contribution in [1.29, 1.82) is 0 Å². The number of ether oxygens (including phenoxy) is 1. The van der Waals surface area contributed by atoms with Crippen LogP contribution in [0.3, 0.4) is 0 Å². The van der Waals surface area contributed by atoms with E-state index in [1.807, 2.05) is 29.2 Å². The van der Waals surface area contributed by atoms with Crippen molar-refractivity contribution >= 4 is 5.91 Å². The summed E-state index contributed by atoms with van der Waals surface area (Å²) in [5.41, 5.74) is 3.92. The number of methoxy groups -OCH3 is 1. The molecule has 29 heavy (non-hydrogen) atoms. The summed E-state index contributed by atoms with van der Waals surface area (Å²) in [7, 11) is 1.68. The predicted octanol–water partition coefficient (Wildman–Crippen LogP) is 4.10. The number of carbonyl (C=O) groups excluding carboxylic acids is 1. The molecule has 1 aliphatic heterocycles. The topological polar surface area (TPSA) is 55.3 Å². The van der Waals surface area contributed by atoms with Crippen LogP contribution in [0.5, 0.6) is 5.75 Å². The van der Waals surface area contributed by atoms with Gasteiger partial charge in [0.25, 0.3) is 5.91 Å². The zero-order valence-electron chi connectivity index (χ0n) is 16.6. The first kappa shape index (κ1) is 19.1. The van der Waals surface area contributed by atoms with Crippen LogP contribution in [-0.2, 0) is 6.42 Å². The Morgan fingerprint density at radius 3 is 2.90 bits per heavy atom. The molecule has 1 fully saturated rings. The summed E-state index contributed by atoms with van der Waals surface area (Å²) >= 11 is 0. The summed E-state index contributed by atoms with van der Waals surface area (Å²) in [6, 6.07) is 17.9. The zero-order chi connectivity index (χ0) is 20.1. The number of aromatic nitrogens is 2. The van der Waals surface area contributed by atoms with Crippen molar-refractivity contribution in [1.82, 2.24) is 14.9 Å². The summed E-state index contributed by atoms with van der Waals surface area (Å²) in [5, 5.41) is 0. The smallest absolute Gasteiger partial charge is 0.255 e. The summed E-state index contributed by atoms with van der Waals surface area (Å²) in [6.07, 6.45) is 6.12. The van der Waals surface area contributed by atoms with Gasteiger partial charge < -0.3 is 9.64 Å². The second kappa shape index (κ2) is 8.86. The molecule has 1 aliphatic rings. The maximum atomic E-state index is 12.8. The number of hydrogen-bond acceptors (Lipinski definition) is 4. The van der Waals surface area contributed by atoms with Crippen molar-refractivity contribution in [3.63, 3.8) is 0 Å². The number of carbonyl (C=O) groups is 1. The van der Waals surface area contributed by atoms with E-state index in [2.05, 4.69) is 29.2 Å². The molecule has 3 heterocycles. The van der Waals surface area contributed by atoms with Gasteiger partial charge in [0.1, 0.15) is 5.75 Å². The molecule has 1 aromatic carbocycles. The highest BCUT2D eigenvalue weighted by Gasteiger charge is 2.26. The molecule has 0 radical (unpaired) electrons. The van der Waals surface area contributed by atoms with E-state index in [9.17, 15) is 4.79 Å². The Bertz CT molecular complexity index is 975. The van der Waals surface area contributed by atoms with E-state index in [-0.39, 0.29) is 11.8 Å². The summed E-state index contributed by atoms with van der Waals surface area (Å²) in [4.78, 5) is 23.7. The number of piperidine rings is 1. The van der Waals surface area contributed by atoms with E-state index in [4.69, 9.17) is 9.72 Å². The third-order valence-corrected chi connectivity index (χ3v) is 5.38. The molecule has 3 aromatic rings. The van der Waals surface area contributed by atoms with Crippen LogP contribution >= 0.6 is 0 Å². The number of nitrogens with zero attached hydrogens (tertiary/aromatic N) is 3. The lowest BCUT2D eigenvalue weighted by Crippen LogP contribution is -2.39. The SMILES string of the molecule is COc1cccc(Cc2cccc([C@@H]3CCCN(C(=O)c4cccnc4)C3)n2)c1. The van der Waals surface area contributed by atoms with Crippen molar-refractivity contribution < 1.29 is 9.53 Å². The van der Waals surface area contributed by atoms with Gasteiger partial charge in [-0.2, -0.15) is 0 Å². The largest absolute Gasteiger partial charge is 0.497 e. The number of rotatable bonds is 5. The fraction of sp³-hybridized carbons (Fsp3) is 0.292. The fourth-order valence-corrected chi connectivity index (χ4v) is 3.89. The van der Waals surface area contributed by atoms with Gasteiger partial charge in [0, 0.05) is 49.2 Å². The Labute approximate surface area is 171 Å². The van der Waals surface area contributed by atoms with Crippen molar-refractivity contribution in [3.8, 4) is 5.75 Å². The monoisotopic (exact) mass is 387 g/mol. The van der Waals surface area contributed by atoms with Crippen LogP contribution in [0.4, 0.5) is 0 Å². The van der Waals surface area contributed by atoms with Gasteiger partial charge in [-0.15, -0.1) is 0 Å². The lowest BCUT2D eigenvalue weighted by atomic mass is 9.93. The van der Waals surface area contributed by atoms with Gasteiger partial charge in [0.2, 0.25) is 0 Å². The predicted molar refractivity (Wildman–Crippen MR) is 112 cm³/mol. The summed E-state index contributed by atoms with van der Waals surface area (Å²) in [6.45, 7) is 1.48. The number of pyridine rings is 2. The first-order valence-corrected chi connectivity index (χ1v) is 10.0. The molecule has 5 heteroatoms. The minimum atomic E-state index is 0.0512. The van der Waals surface area contributed by atoms with E-state index in [1.165, 1.54) is 5.56 Å². The normalized spacial score (nSPS) is 16.4. The van der Waals surface area contributed by atoms with Gasteiger partial charge in [-0.25, -0.2) is 0 Å². The van der Waals surface area contributed by atoms with Crippen molar-refractivity contribution in [3.05, 3.63) is 89.5 Å². The average molecular weight is 387 g/mol. The van der Waals surface area contributed by atoms with Gasteiger partial charge in [-0.3, -0.25) is 14.8 Å². The molecule has 0 unspecified atom stereocenters. The summed E-state index contributed by atoms with van der Waals surface area (Å²) < 4.78 is 5.32. The second-order valence-electron chi connectivity index (χ2n) is 7.41. The third kappa shape index (κ3) is 4.62. The molecular formula is C24H25N3O2. The summed E-state index contributed by atoms with van der Waals surface area (Å²) in [5.74, 6) is 1.17. The van der Waals surface area contributed by atoms with Crippen LogP contribution in [0.2, 0.25) is 0 Å². The van der Waals surface area contributed by atoms with E-state index in [0.29, 0.717) is 12.1 Å². The van der Waals surface area contributed by atoms with Crippen LogP contribution in [0.25, 0.3) is 0 Å². The van der Waals surface area contributed by atoms with Crippen LogP contribution < -0.4 is 4.74 Å². The Morgan fingerprint density at radius 2 is 2.07 bits per heavy atom. The lowest BCUT2D eigenvalue weighted by molar-refractivity contribution is 0.0705. The maximum Gasteiger partial charge on any atom is 0.255 e. The van der Waals surface area contributed by atoms with E-state index in [0.717, 1.165) is 42.9 Å². The number of hydrogen-bond donors (Lipinski definition) is 0. The molecule has 0 aliphatic carbocycles. The number of amides is 1. The van der Waals surface area contributed by atoms with Gasteiger partial charge in [0.15, 0.2) is 0 Å². The molecule has 1 atom stereocenters. The van der Waals surface area contributed by atoms with Crippen molar-refractivity contribution in [2.45, 2.75) is 25.2 Å². The van der Waals surface area contributed by atoms with Gasteiger partial charge >= 0.3 is 0 Å². The number of likely N-dealkylation sites (tertiary alicyclic amines) is 1. The fourth-order valence-electron chi connectivity index (χ4n) is 3.89. The number of benzene rings is 1. The van der Waals surface area contributed by atoms with Gasteiger partial charge in [-0.05, 0) is 54.8 Å². The molecule has 0 bridgehead atoms. The van der Waals surface area contributed by atoms with E-state index < -0.39 is 0 Å². The standard InChI is InChI=1S/C24H25N3O2/c1-29-22-10-2-6-18(15-22)14-21-9-3-11-23(26-21)20-8-5-13-27(17-20)24(28)19-7-4-12-25-16-19/h2-4,6-7,9-12,15-16,20H,5,8,13-14,17H2,1H3/t20-/m1/s1. The van der Waals surface area contributed by atoms with E-state index in [1.54, 1.807) is 25.6 Å². The van der Waals surface area contributed by atoms with Gasteiger partial charge in [-0.1, -0.05) is 18.2 Å². The highest BCUT2D eigenvalue weighted by molar-refractivity contribution is 5.94. The van der Waals surface area contributed by atoms with Crippen LogP contribution in [-0.4, -0.2) is 41.0 Å². The molecule has 0 saturated carbocycles. The molecular weight excluding hydrogens is 362 g/mol. The molecule has 4 rings (SSSR count). The third-order valence-electron chi connectivity index (χ3n) is 5.38. The van der Waals surface area contributed by atoms with Crippen LogP contribution in [0.1, 0.15) is 46.1 Å². The second-order valence-corrected chi connectivity index (χ2v) is 7.41. The molecule has 0 N–H and O–H groups in total. The average Bonchev–Trinajstić information content (AvgIpc) is 2.79. The van der Waals surface area contributed by atoms with Crippen LogP contribution in [0, 0.1) is 0 Å². The van der Waals surface area contributed by atoms with Crippen molar-refractivity contribution in [2.75, 3.05) is 20.2 Å². The lowest BCUT2D eigenvalue weighted by Gasteiger charge is -2.32.